The lowest BCUT2D eigenvalue weighted by Gasteiger charge is -2.23. The van der Waals surface area contributed by atoms with Crippen LogP contribution in [-0.4, -0.2) is 45.0 Å². The molecule has 7 nitrogen and oxygen atoms in total. The number of nitrogens with one attached hydrogen (secondary N) is 2. The molecular weight excluding hydrogens is 294 g/mol. The Bertz CT molecular complexity index is 445. The summed E-state index contributed by atoms with van der Waals surface area (Å²) < 4.78 is 27.0. The van der Waals surface area contributed by atoms with Gasteiger partial charge in [0.2, 0.25) is 10.0 Å². The Morgan fingerprint density at radius 3 is 2.57 bits per heavy atom. The molecule has 1 saturated carbocycles. The second-order valence-electron chi connectivity index (χ2n) is 6.50. The number of hydrogen-bond acceptors (Lipinski definition) is 5. The first kappa shape index (κ1) is 18.2. The summed E-state index contributed by atoms with van der Waals surface area (Å²) in [6.07, 6.45) is 2.62. The Morgan fingerprint density at radius 1 is 1.33 bits per heavy atom. The maximum atomic E-state index is 11.6. The third-order valence-corrected chi connectivity index (χ3v) is 4.13. The van der Waals surface area contributed by atoms with E-state index in [2.05, 4.69) is 10.6 Å². The molecule has 21 heavy (non-hydrogen) atoms. The van der Waals surface area contributed by atoms with Gasteiger partial charge in [-0.3, -0.25) is 0 Å². The lowest BCUT2D eigenvalue weighted by molar-refractivity contribution is 0.0517. The predicted octanol–water partition coefficient (Wildman–Crippen LogP) is 0.558. The summed E-state index contributed by atoms with van der Waals surface area (Å²) in [4.78, 5) is 11.6. The van der Waals surface area contributed by atoms with Crippen LogP contribution in [0.4, 0.5) is 4.79 Å². The van der Waals surface area contributed by atoms with Crippen LogP contribution >= 0.6 is 0 Å². The van der Waals surface area contributed by atoms with Gasteiger partial charge in [-0.2, -0.15) is 0 Å². The Hall–Kier alpha value is -0.860. The molecule has 2 unspecified atom stereocenters. The maximum Gasteiger partial charge on any atom is 0.407 e. The van der Waals surface area contributed by atoms with Crippen molar-refractivity contribution >= 4 is 16.1 Å². The number of ether oxygens (including phenoxy) is 1. The topological polar surface area (TPSA) is 111 Å². The van der Waals surface area contributed by atoms with E-state index in [1.165, 1.54) is 0 Å². The molecule has 0 bridgehead atoms. The lowest BCUT2D eigenvalue weighted by atomic mass is 10.0. The van der Waals surface area contributed by atoms with E-state index in [-0.39, 0.29) is 17.7 Å². The van der Waals surface area contributed by atoms with Crippen LogP contribution in [0.2, 0.25) is 0 Å². The molecule has 0 aromatic heterocycles. The molecule has 1 amide bonds. The Labute approximate surface area is 127 Å². The summed E-state index contributed by atoms with van der Waals surface area (Å²) in [6, 6.07) is 0.210. The monoisotopic (exact) mass is 321 g/mol. The average molecular weight is 321 g/mol. The molecular formula is C13H27N3O4S. The highest BCUT2D eigenvalue weighted by Gasteiger charge is 2.28. The Kier molecular flexibility index (Phi) is 6.42. The maximum absolute atomic E-state index is 11.6. The number of carbonyl (C=O) groups is 1. The van der Waals surface area contributed by atoms with Crippen molar-refractivity contribution in [3.05, 3.63) is 0 Å². The molecule has 0 radical (unpaired) electrons. The predicted molar refractivity (Wildman–Crippen MR) is 81.3 cm³/mol. The normalized spacial score (nSPS) is 23.0. The van der Waals surface area contributed by atoms with Crippen LogP contribution in [0.25, 0.3) is 0 Å². The van der Waals surface area contributed by atoms with Crippen molar-refractivity contribution in [2.24, 2.45) is 11.1 Å². The molecule has 0 aliphatic heterocycles. The summed E-state index contributed by atoms with van der Waals surface area (Å²) >= 11 is 0. The van der Waals surface area contributed by atoms with Crippen molar-refractivity contribution in [1.82, 2.24) is 10.6 Å². The van der Waals surface area contributed by atoms with E-state index in [1.807, 2.05) is 20.8 Å². The molecule has 8 heteroatoms. The standard InChI is InChI=1S/C13H27N3O4S/c1-13(2,3)20-12(17)16-9-10-5-4-6-11(10)15-7-8-21(14,18)19/h10-11,15H,4-9H2,1-3H3,(H,16,17)(H2,14,18,19). The Morgan fingerprint density at radius 2 is 2.00 bits per heavy atom. The van der Waals surface area contributed by atoms with Crippen LogP contribution in [0, 0.1) is 5.92 Å². The third kappa shape index (κ3) is 8.23. The first-order chi connectivity index (χ1) is 9.57. The highest BCUT2D eigenvalue weighted by molar-refractivity contribution is 7.89. The van der Waals surface area contributed by atoms with Crippen molar-refractivity contribution in [2.75, 3.05) is 18.8 Å². The minimum absolute atomic E-state index is 0.0737. The largest absolute Gasteiger partial charge is 0.444 e. The summed E-state index contributed by atoms with van der Waals surface area (Å²) in [5.41, 5.74) is -0.507. The number of alkyl carbamates (subject to hydrolysis) is 1. The fraction of sp³-hybridized carbons (Fsp3) is 0.923. The molecule has 2 atom stereocenters. The van der Waals surface area contributed by atoms with Crippen LogP contribution in [0.5, 0.6) is 0 Å². The fourth-order valence-electron chi connectivity index (χ4n) is 2.47. The quantitative estimate of drug-likeness (QED) is 0.662. The van der Waals surface area contributed by atoms with Gasteiger partial charge in [-0.1, -0.05) is 6.42 Å². The first-order valence-corrected chi connectivity index (χ1v) is 8.99. The number of primary sulfonamides is 1. The number of carbonyl (C=O) groups excluding carboxylic acids is 1. The molecule has 1 fully saturated rings. The highest BCUT2D eigenvalue weighted by Crippen LogP contribution is 2.25. The molecule has 4 N–H and O–H groups in total. The summed E-state index contributed by atoms with van der Waals surface area (Å²) in [7, 11) is -3.43. The van der Waals surface area contributed by atoms with E-state index >= 15 is 0 Å². The Balaban J connectivity index is 2.32. The van der Waals surface area contributed by atoms with Crippen LogP contribution < -0.4 is 15.8 Å². The summed E-state index contributed by atoms with van der Waals surface area (Å²) in [5.74, 6) is 0.216. The average Bonchev–Trinajstić information content (AvgIpc) is 2.70. The molecule has 124 valence electrons. The van der Waals surface area contributed by atoms with Gasteiger partial charge < -0.3 is 15.4 Å². The molecule has 0 heterocycles. The van der Waals surface area contributed by atoms with Crippen LogP contribution in [0.15, 0.2) is 0 Å². The number of rotatable bonds is 6. The molecule has 0 aromatic carbocycles. The summed E-state index contributed by atoms with van der Waals surface area (Å²) in [6.45, 7) is 6.33. The van der Waals surface area contributed by atoms with Gasteiger partial charge in [-0.15, -0.1) is 0 Å². The van der Waals surface area contributed by atoms with Gasteiger partial charge in [-0.05, 0) is 39.5 Å². The number of nitrogens with two attached hydrogens (primary N) is 1. The fourth-order valence-corrected chi connectivity index (χ4v) is 2.87. The van der Waals surface area contributed by atoms with Crippen LogP contribution in [0.3, 0.4) is 0 Å². The molecule has 1 rings (SSSR count). The first-order valence-electron chi connectivity index (χ1n) is 7.27. The summed E-state index contributed by atoms with van der Waals surface area (Å²) in [5, 5.41) is 11.0. The van der Waals surface area contributed by atoms with E-state index < -0.39 is 21.7 Å². The van der Waals surface area contributed by atoms with Crippen molar-refractivity contribution in [3.63, 3.8) is 0 Å². The van der Waals surface area contributed by atoms with E-state index in [0.717, 1.165) is 19.3 Å². The lowest BCUT2D eigenvalue weighted by Crippen LogP contribution is -2.42. The van der Waals surface area contributed by atoms with E-state index in [0.29, 0.717) is 13.1 Å². The van der Waals surface area contributed by atoms with Crippen molar-refractivity contribution in [2.45, 2.75) is 51.7 Å². The molecule has 0 saturated heterocycles. The van der Waals surface area contributed by atoms with Gasteiger partial charge >= 0.3 is 6.09 Å². The van der Waals surface area contributed by atoms with Gasteiger partial charge in [0.15, 0.2) is 0 Å². The second-order valence-corrected chi connectivity index (χ2v) is 8.24. The van der Waals surface area contributed by atoms with Crippen molar-refractivity contribution < 1.29 is 17.9 Å². The minimum atomic E-state index is -3.43. The van der Waals surface area contributed by atoms with E-state index in [1.54, 1.807) is 0 Å². The van der Waals surface area contributed by atoms with Gasteiger partial charge in [-0.25, -0.2) is 18.4 Å². The highest BCUT2D eigenvalue weighted by atomic mass is 32.2. The smallest absolute Gasteiger partial charge is 0.407 e. The zero-order chi connectivity index (χ0) is 16.1. The van der Waals surface area contributed by atoms with Crippen LogP contribution in [-0.2, 0) is 14.8 Å². The van der Waals surface area contributed by atoms with E-state index in [4.69, 9.17) is 9.88 Å². The molecule has 0 aromatic rings. The van der Waals surface area contributed by atoms with E-state index in [9.17, 15) is 13.2 Å². The number of amides is 1. The number of hydrogen-bond donors (Lipinski definition) is 3. The SMILES string of the molecule is CC(C)(C)OC(=O)NCC1CCCC1NCCS(N)(=O)=O. The zero-order valence-corrected chi connectivity index (χ0v) is 13.8. The van der Waals surface area contributed by atoms with Gasteiger partial charge in [0.1, 0.15) is 5.60 Å². The van der Waals surface area contributed by atoms with Gasteiger partial charge in [0.05, 0.1) is 5.75 Å². The minimum Gasteiger partial charge on any atom is -0.444 e. The van der Waals surface area contributed by atoms with Gasteiger partial charge in [0.25, 0.3) is 0 Å². The van der Waals surface area contributed by atoms with Gasteiger partial charge in [0, 0.05) is 19.1 Å². The third-order valence-electron chi connectivity index (χ3n) is 3.36. The molecule has 1 aliphatic carbocycles. The van der Waals surface area contributed by atoms with Crippen LogP contribution in [0.1, 0.15) is 40.0 Å². The number of sulfonamides is 1. The van der Waals surface area contributed by atoms with Crippen molar-refractivity contribution in [3.8, 4) is 0 Å². The second kappa shape index (κ2) is 7.42. The molecule has 1 aliphatic rings. The van der Waals surface area contributed by atoms with Crippen molar-refractivity contribution in [1.29, 1.82) is 0 Å². The zero-order valence-electron chi connectivity index (χ0n) is 13.0. The molecule has 0 spiro atoms.